The van der Waals surface area contributed by atoms with E-state index in [1.807, 2.05) is 32.0 Å². The Kier molecular flexibility index (Phi) is 11.9. The summed E-state index contributed by atoms with van der Waals surface area (Å²) in [6.45, 7) is 8.28. The summed E-state index contributed by atoms with van der Waals surface area (Å²) in [6.07, 6.45) is 2.08. The van der Waals surface area contributed by atoms with Crippen molar-refractivity contribution in [3.05, 3.63) is 175 Å². The van der Waals surface area contributed by atoms with Gasteiger partial charge in [0.05, 0.1) is 0 Å². The van der Waals surface area contributed by atoms with Crippen LogP contribution in [0.25, 0.3) is 43.8 Å². The number of rotatable bonds is 3. The second kappa shape index (κ2) is 16.1. The maximum absolute atomic E-state index is 2.26. The minimum atomic E-state index is 1.28. The standard InChI is InChI=1S/2C16H13.C8H9.H2Si.Zr/c2*1-12-10-14-8-5-9-15(16(14)11-12)13-6-3-2-4-7-13;1-2-8-6-4-3-5-7-8;;/h2*2-11H,1H3;2-7H,1H3;1H2;/q3*-1;;. The molecule has 0 unspecified atom stereocenters. The van der Waals surface area contributed by atoms with Gasteiger partial charge < -0.3 is 0 Å². The number of hydrogen-bond acceptors (Lipinski definition) is 0. The van der Waals surface area contributed by atoms with Crippen LogP contribution in [0.3, 0.4) is 0 Å². The first-order valence-electron chi connectivity index (χ1n) is 14.2. The first-order valence-corrected chi connectivity index (χ1v) is 20.2. The fourth-order valence-electron chi connectivity index (χ4n) is 5.15. The topological polar surface area (TPSA) is 0 Å². The van der Waals surface area contributed by atoms with E-state index >= 15 is 0 Å². The summed E-state index contributed by atoms with van der Waals surface area (Å²) in [5.41, 5.74) is 9.18. The number of hydrogen-bond donors (Lipinski definition) is 0. The van der Waals surface area contributed by atoms with Crippen LogP contribution in [0.4, 0.5) is 0 Å². The van der Waals surface area contributed by atoms with Crippen molar-refractivity contribution in [2.75, 3.05) is 0 Å². The Balaban J connectivity index is 0.000000148. The molecule has 2 heteroatoms. The fraction of sp³-hybridized carbons (Fsp3) is 0.0750. The van der Waals surface area contributed by atoms with Crippen LogP contribution in [-0.4, -0.2) is 6.88 Å². The van der Waals surface area contributed by atoms with E-state index in [0.717, 1.165) is 0 Å². The summed E-state index contributed by atoms with van der Waals surface area (Å²) in [5.74, 6) is 0. The van der Waals surface area contributed by atoms with E-state index in [-0.39, 0.29) is 0 Å². The van der Waals surface area contributed by atoms with E-state index in [1.54, 1.807) is 23.3 Å². The molecule has 0 atom stereocenters. The molecule has 0 aliphatic carbocycles. The summed E-state index contributed by atoms with van der Waals surface area (Å²) in [5, 5.41) is 5.37. The van der Waals surface area contributed by atoms with Crippen molar-refractivity contribution in [3.8, 4) is 22.3 Å². The molecule has 7 aromatic rings. The Morgan fingerprint density at radius 1 is 0.500 bits per heavy atom. The monoisotopic (exact) mass is 635 g/mol. The summed E-state index contributed by atoms with van der Waals surface area (Å²) in [4.78, 5) is 0. The van der Waals surface area contributed by atoms with Crippen LogP contribution >= 0.6 is 0 Å². The minimum absolute atomic E-state index is 1.28. The van der Waals surface area contributed by atoms with Crippen molar-refractivity contribution in [2.24, 2.45) is 0 Å². The van der Waals surface area contributed by atoms with Crippen molar-refractivity contribution >= 4 is 28.4 Å². The second-order valence-electron chi connectivity index (χ2n) is 10.1. The van der Waals surface area contributed by atoms with Gasteiger partial charge in [0.15, 0.2) is 0 Å². The number of aryl methyl sites for hydroxylation is 2. The molecule has 0 fully saturated rings. The van der Waals surface area contributed by atoms with Gasteiger partial charge in [-0.3, -0.25) is 0 Å². The first-order chi connectivity index (χ1) is 20.6. The molecule has 0 aromatic heterocycles. The van der Waals surface area contributed by atoms with Crippen LogP contribution in [0, 0.1) is 20.3 Å². The van der Waals surface area contributed by atoms with Gasteiger partial charge in [-0.25, -0.2) is 0 Å². The van der Waals surface area contributed by atoms with E-state index < -0.39 is 0 Å². The van der Waals surface area contributed by atoms with Crippen molar-refractivity contribution in [1.29, 1.82) is 0 Å². The zero-order valence-electron chi connectivity index (χ0n) is 24.7. The third kappa shape index (κ3) is 8.19. The Morgan fingerprint density at radius 2 is 0.881 bits per heavy atom. The summed E-state index contributed by atoms with van der Waals surface area (Å²) >= 11 is 1.58. The fourth-order valence-corrected chi connectivity index (χ4v) is 5.15. The summed E-state index contributed by atoms with van der Waals surface area (Å²) in [6, 6.07) is 53.4. The van der Waals surface area contributed by atoms with Crippen molar-refractivity contribution in [1.82, 2.24) is 0 Å². The van der Waals surface area contributed by atoms with E-state index in [9.17, 15) is 0 Å². The average Bonchev–Trinajstić information content (AvgIpc) is 3.64. The predicted octanol–water partition coefficient (Wildman–Crippen LogP) is 10.4. The third-order valence-corrected chi connectivity index (χ3v) is 7.09. The Labute approximate surface area is 268 Å². The van der Waals surface area contributed by atoms with Crippen LogP contribution in [0.2, 0.25) is 0 Å². The van der Waals surface area contributed by atoms with Gasteiger partial charge in [0.25, 0.3) is 0 Å². The van der Waals surface area contributed by atoms with Crippen molar-refractivity contribution < 1.29 is 23.3 Å². The summed E-state index contributed by atoms with van der Waals surface area (Å²) in [7, 11) is 0. The molecule has 0 amide bonds. The van der Waals surface area contributed by atoms with E-state index in [1.165, 1.54) is 60.5 Å². The van der Waals surface area contributed by atoms with Gasteiger partial charge in [-0.15, -0.1) is 81.2 Å². The van der Waals surface area contributed by atoms with Crippen molar-refractivity contribution in [2.45, 2.75) is 20.8 Å². The van der Waals surface area contributed by atoms with Gasteiger partial charge in [-0.2, -0.15) is 36.2 Å². The van der Waals surface area contributed by atoms with Crippen LogP contribution in [-0.2, 0) is 23.3 Å². The van der Waals surface area contributed by atoms with Gasteiger partial charge in [-0.05, 0) is 11.1 Å². The van der Waals surface area contributed by atoms with E-state index in [4.69, 9.17) is 0 Å². The van der Waals surface area contributed by atoms with Crippen LogP contribution in [0.1, 0.15) is 23.6 Å². The Hall–Kier alpha value is -3.71. The molecule has 0 saturated heterocycles. The van der Waals surface area contributed by atoms with E-state index in [2.05, 4.69) is 154 Å². The molecule has 0 aliphatic rings. The second-order valence-corrected chi connectivity index (χ2v) is 10.1. The maximum atomic E-state index is 2.26. The zero-order chi connectivity index (χ0) is 29.7. The van der Waals surface area contributed by atoms with Crippen LogP contribution < -0.4 is 0 Å². The van der Waals surface area contributed by atoms with Gasteiger partial charge in [0.2, 0.25) is 0 Å². The van der Waals surface area contributed by atoms with Gasteiger partial charge in [0.1, 0.15) is 0 Å². The van der Waals surface area contributed by atoms with Gasteiger partial charge in [0, 0.05) is 0 Å². The SMILES string of the molecule is C[CH-]c1ccccc1.Cc1cc2c(-c3ccccc3)cccc2[cH-]1.Cc1cc2c(-c3ccccc3)cccc2[cH-]1.[SiH2]=[Zr]. The molecule has 0 radical (unpaired) electrons. The van der Waals surface area contributed by atoms with Gasteiger partial charge >= 0.3 is 30.2 Å². The molecular weight excluding hydrogens is 600 g/mol. The zero-order valence-corrected chi connectivity index (χ0v) is 28.6. The summed E-state index contributed by atoms with van der Waals surface area (Å²) < 4.78 is 0. The molecule has 208 valence electrons. The molecule has 0 spiro atoms. The molecule has 0 saturated carbocycles. The molecule has 7 aromatic carbocycles. The average molecular weight is 637 g/mol. The Morgan fingerprint density at radius 3 is 1.24 bits per heavy atom. The predicted molar refractivity (Wildman–Crippen MR) is 183 cm³/mol. The molecule has 0 aliphatic heterocycles. The Bertz CT molecular complexity index is 1680. The molecule has 42 heavy (non-hydrogen) atoms. The normalized spacial score (nSPS) is 9.95. The van der Waals surface area contributed by atoms with Crippen molar-refractivity contribution in [3.63, 3.8) is 0 Å². The molecule has 0 heterocycles. The molecule has 0 nitrogen and oxygen atoms in total. The number of fused-ring (bicyclic) bond motifs is 2. The molecular formula is C40H37SiZr-3. The van der Waals surface area contributed by atoms with E-state index in [0.29, 0.717) is 0 Å². The number of benzene rings is 5. The molecule has 0 N–H and O–H groups in total. The van der Waals surface area contributed by atoms with Gasteiger partial charge in [-0.1, -0.05) is 111 Å². The third-order valence-electron chi connectivity index (χ3n) is 7.09. The first kappa shape index (κ1) is 31.2. The van der Waals surface area contributed by atoms with Crippen LogP contribution in [0.15, 0.2) is 152 Å². The molecule has 7 rings (SSSR count). The van der Waals surface area contributed by atoms with Crippen LogP contribution in [0.5, 0.6) is 0 Å². The quantitative estimate of drug-likeness (QED) is 0.134. The molecule has 0 bridgehead atoms.